The van der Waals surface area contributed by atoms with Crippen LogP contribution in [0.15, 0.2) is 18.2 Å². The van der Waals surface area contributed by atoms with E-state index >= 15 is 0 Å². The van der Waals surface area contributed by atoms with Crippen molar-refractivity contribution in [3.05, 3.63) is 35.4 Å². The van der Waals surface area contributed by atoms with Crippen LogP contribution >= 0.6 is 12.4 Å². The summed E-state index contributed by atoms with van der Waals surface area (Å²) >= 11 is 0. The molecule has 18 heavy (non-hydrogen) atoms. The summed E-state index contributed by atoms with van der Waals surface area (Å²) in [6, 6.07) is 3.77. The van der Waals surface area contributed by atoms with Gasteiger partial charge in [0.25, 0.3) is 0 Å². The molecule has 0 spiro atoms. The second-order valence-corrected chi connectivity index (χ2v) is 4.53. The number of hydrogen-bond acceptors (Lipinski definition) is 2. The fourth-order valence-electron chi connectivity index (χ4n) is 1.33. The van der Waals surface area contributed by atoms with Crippen LogP contribution in [-0.2, 0) is 11.2 Å². The predicted molar refractivity (Wildman–Crippen MR) is 68.6 cm³/mol. The molecule has 0 radical (unpaired) electrons. The lowest BCUT2D eigenvalue weighted by Crippen LogP contribution is -2.49. The third-order valence-electron chi connectivity index (χ3n) is 2.37. The molecule has 6 heteroatoms. The maximum atomic E-state index is 13.3. The van der Waals surface area contributed by atoms with Crippen LogP contribution in [0.1, 0.15) is 19.4 Å². The molecule has 1 rings (SSSR count). The van der Waals surface area contributed by atoms with Crippen LogP contribution in [0.25, 0.3) is 0 Å². The third kappa shape index (κ3) is 4.58. The Labute approximate surface area is 111 Å². The van der Waals surface area contributed by atoms with Crippen LogP contribution in [0.2, 0.25) is 0 Å². The van der Waals surface area contributed by atoms with Crippen LogP contribution in [0, 0.1) is 11.6 Å². The van der Waals surface area contributed by atoms with E-state index in [1.165, 1.54) is 12.1 Å². The summed E-state index contributed by atoms with van der Waals surface area (Å²) in [5.74, 6) is -2.31. The van der Waals surface area contributed by atoms with Gasteiger partial charge in [0.15, 0.2) is 11.6 Å². The molecule has 3 nitrogen and oxygen atoms in total. The maximum Gasteiger partial charge on any atom is 0.224 e. The minimum absolute atomic E-state index is 0. The van der Waals surface area contributed by atoms with Crippen LogP contribution < -0.4 is 11.1 Å². The van der Waals surface area contributed by atoms with E-state index in [0.29, 0.717) is 0 Å². The smallest absolute Gasteiger partial charge is 0.224 e. The summed E-state index contributed by atoms with van der Waals surface area (Å²) in [5.41, 5.74) is 4.94. The van der Waals surface area contributed by atoms with Gasteiger partial charge in [-0.05, 0) is 19.9 Å². The molecule has 0 aliphatic rings. The first-order valence-electron chi connectivity index (χ1n) is 5.30. The van der Waals surface area contributed by atoms with Crippen molar-refractivity contribution in [1.29, 1.82) is 0 Å². The summed E-state index contributed by atoms with van der Waals surface area (Å²) in [4.78, 5) is 11.6. The molecule has 0 atom stereocenters. The Balaban J connectivity index is 0.00000289. The number of carbonyl (C=O) groups excluding carboxylic acids is 1. The highest BCUT2D eigenvalue weighted by Crippen LogP contribution is 2.12. The van der Waals surface area contributed by atoms with E-state index in [0.717, 1.165) is 6.07 Å². The molecule has 0 aromatic heterocycles. The lowest BCUT2D eigenvalue weighted by atomic mass is 10.0. The van der Waals surface area contributed by atoms with Crippen molar-refractivity contribution in [3.8, 4) is 0 Å². The fraction of sp³-hybridized carbons (Fsp3) is 0.417. The molecule has 0 unspecified atom stereocenters. The van der Waals surface area contributed by atoms with Gasteiger partial charge in [-0.3, -0.25) is 4.79 Å². The first kappa shape index (κ1) is 16.8. The van der Waals surface area contributed by atoms with Gasteiger partial charge in [0.2, 0.25) is 5.91 Å². The van der Waals surface area contributed by atoms with Gasteiger partial charge in [0, 0.05) is 17.6 Å². The van der Waals surface area contributed by atoms with Crippen molar-refractivity contribution >= 4 is 18.3 Å². The summed E-state index contributed by atoms with van der Waals surface area (Å²) in [6.45, 7) is 3.78. The molecule has 0 bridgehead atoms. The molecule has 0 heterocycles. The number of halogens is 3. The van der Waals surface area contributed by atoms with Gasteiger partial charge in [-0.2, -0.15) is 0 Å². The number of carbonyl (C=O) groups is 1. The molecule has 1 amide bonds. The Morgan fingerprint density at radius 2 is 2.00 bits per heavy atom. The highest BCUT2D eigenvalue weighted by molar-refractivity contribution is 5.85. The fourth-order valence-corrected chi connectivity index (χ4v) is 1.33. The van der Waals surface area contributed by atoms with E-state index in [9.17, 15) is 13.6 Å². The van der Waals surface area contributed by atoms with Crippen molar-refractivity contribution in [2.24, 2.45) is 5.73 Å². The first-order valence-corrected chi connectivity index (χ1v) is 5.30. The quantitative estimate of drug-likeness (QED) is 0.882. The van der Waals surface area contributed by atoms with Gasteiger partial charge in [-0.15, -0.1) is 12.4 Å². The van der Waals surface area contributed by atoms with E-state index in [1.54, 1.807) is 13.8 Å². The van der Waals surface area contributed by atoms with Crippen molar-refractivity contribution in [1.82, 2.24) is 5.32 Å². The Hall–Kier alpha value is -1.20. The van der Waals surface area contributed by atoms with E-state index in [1.807, 2.05) is 0 Å². The van der Waals surface area contributed by atoms with Gasteiger partial charge in [0.05, 0.1) is 6.42 Å². The zero-order chi connectivity index (χ0) is 13.1. The summed E-state index contributed by atoms with van der Waals surface area (Å²) < 4.78 is 26.2. The zero-order valence-corrected chi connectivity index (χ0v) is 11.1. The summed E-state index contributed by atoms with van der Waals surface area (Å²) in [7, 11) is 0. The molecule has 0 saturated heterocycles. The molecule has 102 valence electrons. The van der Waals surface area contributed by atoms with Crippen LogP contribution in [0.4, 0.5) is 8.78 Å². The Morgan fingerprint density at radius 1 is 1.39 bits per heavy atom. The highest BCUT2D eigenvalue weighted by atomic mass is 35.5. The van der Waals surface area contributed by atoms with Crippen molar-refractivity contribution in [2.45, 2.75) is 25.8 Å². The molecular weight excluding hydrogens is 262 g/mol. The van der Waals surface area contributed by atoms with Gasteiger partial charge in [-0.25, -0.2) is 8.78 Å². The topological polar surface area (TPSA) is 55.1 Å². The molecular formula is C12H17ClF2N2O. The molecule has 1 aromatic carbocycles. The number of nitrogens with one attached hydrogen (secondary N) is 1. The lowest BCUT2D eigenvalue weighted by molar-refractivity contribution is -0.121. The molecule has 1 aromatic rings. The molecule has 0 fully saturated rings. The van der Waals surface area contributed by atoms with E-state index in [2.05, 4.69) is 5.32 Å². The van der Waals surface area contributed by atoms with Crippen molar-refractivity contribution in [3.63, 3.8) is 0 Å². The second-order valence-electron chi connectivity index (χ2n) is 4.53. The van der Waals surface area contributed by atoms with E-state index < -0.39 is 17.2 Å². The Morgan fingerprint density at radius 3 is 2.56 bits per heavy atom. The van der Waals surface area contributed by atoms with Gasteiger partial charge >= 0.3 is 0 Å². The number of nitrogens with two attached hydrogens (primary N) is 1. The van der Waals surface area contributed by atoms with Gasteiger partial charge < -0.3 is 11.1 Å². The molecule has 3 N–H and O–H groups in total. The highest BCUT2D eigenvalue weighted by Gasteiger charge is 2.19. The van der Waals surface area contributed by atoms with Crippen LogP contribution in [0.5, 0.6) is 0 Å². The minimum Gasteiger partial charge on any atom is -0.350 e. The average Bonchev–Trinajstić information content (AvgIpc) is 2.24. The molecule has 0 saturated carbocycles. The number of rotatable bonds is 4. The van der Waals surface area contributed by atoms with Crippen LogP contribution in [0.3, 0.4) is 0 Å². The average molecular weight is 279 g/mol. The van der Waals surface area contributed by atoms with Crippen molar-refractivity contribution < 1.29 is 13.6 Å². The number of amides is 1. The zero-order valence-electron chi connectivity index (χ0n) is 10.3. The maximum absolute atomic E-state index is 13.3. The lowest BCUT2D eigenvalue weighted by Gasteiger charge is -2.24. The summed E-state index contributed by atoms with van der Waals surface area (Å²) in [6.07, 6.45) is -0.201. The molecule has 0 aliphatic heterocycles. The van der Waals surface area contributed by atoms with E-state index in [4.69, 9.17) is 5.73 Å². The minimum atomic E-state index is -0.979. The van der Waals surface area contributed by atoms with E-state index in [-0.39, 0.29) is 36.8 Å². The summed E-state index contributed by atoms with van der Waals surface area (Å²) in [5, 5.41) is 2.65. The standard InChI is InChI=1S/C12H16F2N2O.ClH/c1-12(2,7-15)16-10(17)6-8-4-3-5-9(13)11(8)14;/h3-5H,6-7,15H2,1-2H3,(H,16,17);1H. The first-order chi connectivity index (χ1) is 7.85. The second kappa shape index (κ2) is 6.66. The Kier molecular flexibility index (Phi) is 6.21. The molecule has 0 aliphatic carbocycles. The van der Waals surface area contributed by atoms with Crippen LogP contribution in [-0.4, -0.2) is 18.0 Å². The number of benzene rings is 1. The monoisotopic (exact) mass is 278 g/mol. The number of hydrogen-bond donors (Lipinski definition) is 2. The van der Waals surface area contributed by atoms with Crippen molar-refractivity contribution in [2.75, 3.05) is 6.54 Å². The van der Waals surface area contributed by atoms with Gasteiger partial charge in [-0.1, -0.05) is 12.1 Å². The SMILES string of the molecule is CC(C)(CN)NC(=O)Cc1cccc(F)c1F.Cl. The predicted octanol–water partition coefficient (Wildman–Crippen LogP) is 1.78. The Bertz CT molecular complexity index is 425. The van der Waals surface area contributed by atoms with Gasteiger partial charge in [0.1, 0.15) is 0 Å². The normalized spacial score (nSPS) is 10.7. The third-order valence-corrected chi connectivity index (χ3v) is 2.37. The largest absolute Gasteiger partial charge is 0.350 e.